The predicted molar refractivity (Wildman–Crippen MR) is 137 cm³/mol. The number of nitrogens with zero attached hydrogens (tertiary/aromatic N) is 1. The van der Waals surface area contributed by atoms with Crippen LogP contribution in [0.4, 0.5) is 4.79 Å². The molecular formula is C27H32N2O6S. The first kappa shape index (κ1) is 25.8. The van der Waals surface area contributed by atoms with E-state index in [-0.39, 0.29) is 11.5 Å². The number of amides is 1. The minimum Gasteiger partial charge on any atom is -0.493 e. The Bertz CT molecular complexity index is 1320. The van der Waals surface area contributed by atoms with Gasteiger partial charge in [-0.3, -0.25) is 0 Å². The Morgan fingerprint density at radius 3 is 2.67 bits per heavy atom. The molecule has 0 saturated heterocycles. The van der Waals surface area contributed by atoms with Crippen molar-refractivity contribution in [1.82, 2.24) is 9.29 Å². The lowest BCUT2D eigenvalue weighted by molar-refractivity contribution is 0.141. The Hall–Kier alpha value is -3.30. The molecule has 36 heavy (non-hydrogen) atoms. The van der Waals surface area contributed by atoms with E-state index < -0.39 is 16.1 Å². The number of nitrogens with one attached hydrogen (secondary N) is 1. The first-order chi connectivity index (χ1) is 17.5. The van der Waals surface area contributed by atoms with Gasteiger partial charge in [-0.2, -0.15) is 0 Å². The van der Waals surface area contributed by atoms with E-state index >= 15 is 0 Å². The van der Waals surface area contributed by atoms with Gasteiger partial charge in [-0.1, -0.05) is 30.3 Å². The lowest BCUT2D eigenvalue weighted by atomic mass is 9.91. The summed E-state index contributed by atoms with van der Waals surface area (Å²) in [7, 11) is -0.861. The second-order valence-corrected chi connectivity index (χ2v) is 10.5. The summed E-state index contributed by atoms with van der Waals surface area (Å²) in [4.78, 5) is 11.9. The summed E-state index contributed by atoms with van der Waals surface area (Å²) in [6, 6.07) is 14.4. The number of aromatic nitrogens is 1. The van der Waals surface area contributed by atoms with Crippen molar-refractivity contribution in [2.24, 2.45) is 0 Å². The van der Waals surface area contributed by atoms with E-state index in [0.29, 0.717) is 43.1 Å². The topological polar surface area (TPSA) is 95.9 Å². The van der Waals surface area contributed by atoms with Crippen LogP contribution in [0.5, 0.6) is 5.75 Å². The molecule has 0 fully saturated rings. The molecule has 1 heterocycles. The number of rotatable bonds is 9. The van der Waals surface area contributed by atoms with Gasteiger partial charge in [0.2, 0.25) is 0 Å². The van der Waals surface area contributed by atoms with Gasteiger partial charge in [-0.05, 0) is 48.9 Å². The standard InChI is InChI=1S/C27H32N2O6S/c1-28-27(30)35-19-21-18-29(26-24-13-5-3-9-20(24)10-4-6-14-25(21)26)36(31,32)23-12-7-11-22(17-23)34-16-8-15-33-2/h3,5,7,9,11-13,17-18H,4,6,8,10,14-16,19H2,1-2H3,(H,28,30). The Morgan fingerprint density at radius 2 is 1.86 bits per heavy atom. The van der Waals surface area contributed by atoms with Gasteiger partial charge in [0.1, 0.15) is 12.4 Å². The summed E-state index contributed by atoms with van der Waals surface area (Å²) in [6.07, 6.45) is 5.19. The zero-order valence-corrected chi connectivity index (χ0v) is 21.5. The molecule has 0 unspecified atom stereocenters. The number of ether oxygens (including phenoxy) is 3. The third-order valence-corrected chi connectivity index (χ3v) is 7.90. The molecule has 1 N–H and O–H groups in total. The highest BCUT2D eigenvalue weighted by Gasteiger charge is 2.28. The third-order valence-electron chi connectivity index (χ3n) is 6.25. The number of fused-ring (bicyclic) bond motifs is 3. The zero-order chi connectivity index (χ0) is 25.5. The van der Waals surface area contributed by atoms with Gasteiger partial charge < -0.3 is 19.5 Å². The van der Waals surface area contributed by atoms with E-state index in [2.05, 4.69) is 5.32 Å². The Balaban J connectivity index is 1.80. The molecule has 1 aromatic heterocycles. The van der Waals surface area contributed by atoms with Crippen LogP contribution < -0.4 is 10.1 Å². The fraction of sp³-hybridized carbons (Fsp3) is 0.370. The molecule has 1 amide bonds. The number of carbonyl (C=O) groups is 1. The van der Waals surface area contributed by atoms with Crippen molar-refractivity contribution in [2.75, 3.05) is 27.4 Å². The molecule has 1 aliphatic rings. The number of aryl methyl sites for hydroxylation is 1. The summed E-state index contributed by atoms with van der Waals surface area (Å²) < 4.78 is 45.5. The van der Waals surface area contributed by atoms with Crippen LogP contribution in [0, 0.1) is 0 Å². The van der Waals surface area contributed by atoms with Crippen molar-refractivity contribution < 1.29 is 27.4 Å². The van der Waals surface area contributed by atoms with Crippen LogP contribution in [-0.2, 0) is 38.9 Å². The quantitative estimate of drug-likeness (QED) is 0.423. The van der Waals surface area contributed by atoms with Gasteiger partial charge in [-0.15, -0.1) is 0 Å². The minimum absolute atomic E-state index is 0.0185. The maximum Gasteiger partial charge on any atom is 0.407 e. The Morgan fingerprint density at radius 1 is 1.06 bits per heavy atom. The average Bonchev–Trinajstić information content (AvgIpc) is 3.24. The molecule has 8 nitrogen and oxygen atoms in total. The number of carbonyl (C=O) groups excluding carboxylic acids is 1. The number of alkyl carbamates (subject to hydrolysis) is 1. The van der Waals surface area contributed by atoms with E-state index in [0.717, 1.165) is 36.0 Å². The maximum atomic E-state index is 14.0. The molecule has 9 heteroatoms. The molecule has 192 valence electrons. The summed E-state index contributed by atoms with van der Waals surface area (Å²) >= 11 is 0. The number of hydrogen-bond acceptors (Lipinski definition) is 6. The van der Waals surface area contributed by atoms with Gasteiger partial charge in [0, 0.05) is 50.6 Å². The molecule has 2 aromatic carbocycles. The Kier molecular flexibility index (Phi) is 8.32. The molecule has 3 aromatic rings. The number of methoxy groups -OCH3 is 1. The average molecular weight is 513 g/mol. The predicted octanol–water partition coefficient (Wildman–Crippen LogP) is 4.54. The van der Waals surface area contributed by atoms with Crippen LogP contribution in [0.15, 0.2) is 59.6 Å². The molecule has 0 saturated carbocycles. The normalized spacial score (nSPS) is 13.2. The fourth-order valence-corrected chi connectivity index (χ4v) is 5.93. The van der Waals surface area contributed by atoms with Crippen LogP contribution in [0.1, 0.15) is 36.0 Å². The monoisotopic (exact) mass is 512 g/mol. The molecule has 0 bridgehead atoms. The van der Waals surface area contributed by atoms with E-state index in [9.17, 15) is 13.2 Å². The van der Waals surface area contributed by atoms with E-state index in [4.69, 9.17) is 14.2 Å². The van der Waals surface area contributed by atoms with E-state index in [1.807, 2.05) is 24.3 Å². The van der Waals surface area contributed by atoms with Crippen LogP contribution in [0.3, 0.4) is 0 Å². The molecule has 0 aliphatic heterocycles. The molecule has 0 atom stereocenters. The van der Waals surface area contributed by atoms with E-state index in [1.165, 1.54) is 11.0 Å². The van der Waals surface area contributed by atoms with Gasteiger partial charge in [0.15, 0.2) is 0 Å². The van der Waals surface area contributed by atoms with Crippen LogP contribution >= 0.6 is 0 Å². The van der Waals surface area contributed by atoms with Crippen LogP contribution in [0.25, 0.3) is 11.3 Å². The van der Waals surface area contributed by atoms with Crippen LogP contribution in [0.2, 0.25) is 0 Å². The van der Waals surface area contributed by atoms with Crippen molar-refractivity contribution in [3.8, 4) is 17.0 Å². The first-order valence-corrected chi connectivity index (χ1v) is 13.5. The Labute approximate surface area is 212 Å². The SMILES string of the molecule is CNC(=O)OCc1cn(S(=O)(=O)c2cccc(OCCCOC)c2)c2c1CCCCc1ccccc1-2. The van der Waals surface area contributed by atoms with Crippen molar-refractivity contribution >= 4 is 16.1 Å². The summed E-state index contributed by atoms with van der Waals surface area (Å²) in [5.41, 5.74) is 4.19. The summed E-state index contributed by atoms with van der Waals surface area (Å²) in [5, 5.41) is 2.44. The summed E-state index contributed by atoms with van der Waals surface area (Å²) in [5.74, 6) is 0.478. The second kappa shape index (κ2) is 11.6. The molecule has 0 radical (unpaired) electrons. The highest BCUT2D eigenvalue weighted by molar-refractivity contribution is 7.90. The first-order valence-electron chi connectivity index (χ1n) is 12.1. The van der Waals surface area contributed by atoms with Crippen molar-refractivity contribution in [3.63, 3.8) is 0 Å². The van der Waals surface area contributed by atoms with Gasteiger partial charge >= 0.3 is 6.09 Å². The van der Waals surface area contributed by atoms with Gasteiger partial charge in [-0.25, -0.2) is 17.2 Å². The molecule has 4 rings (SSSR count). The lowest BCUT2D eigenvalue weighted by Crippen LogP contribution is -2.19. The van der Waals surface area contributed by atoms with Gasteiger partial charge in [0.05, 0.1) is 17.2 Å². The molecule has 0 spiro atoms. The van der Waals surface area contributed by atoms with Crippen LogP contribution in [-0.4, -0.2) is 45.9 Å². The van der Waals surface area contributed by atoms with Gasteiger partial charge in [0.25, 0.3) is 10.0 Å². The fourth-order valence-electron chi connectivity index (χ4n) is 4.48. The van der Waals surface area contributed by atoms with Crippen molar-refractivity contribution in [3.05, 3.63) is 71.4 Å². The zero-order valence-electron chi connectivity index (χ0n) is 20.7. The van der Waals surface area contributed by atoms with Crippen molar-refractivity contribution in [2.45, 2.75) is 43.6 Å². The molecular weight excluding hydrogens is 480 g/mol. The summed E-state index contributed by atoms with van der Waals surface area (Å²) in [6.45, 7) is 0.966. The smallest absolute Gasteiger partial charge is 0.407 e. The van der Waals surface area contributed by atoms with Crippen molar-refractivity contribution in [1.29, 1.82) is 0 Å². The van der Waals surface area contributed by atoms with E-state index in [1.54, 1.807) is 37.6 Å². The number of benzene rings is 2. The number of hydrogen-bond donors (Lipinski definition) is 1. The third kappa shape index (κ3) is 5.57. The highest BCUT2D eigenvalue weighted by atomic mass is 32.2. The lowest BCUT2D eigenvalue weighted by Gasteiger charge is -2.19. The highest BCUT2D eigenvalue weighted by Crippen LogP contribution is 2.37. The largest absolute Gasteiger partial charge is 0.493 e. The second-order valence-electron chi connectivity index (χ2n) is 8.64. The molecule has 1 aliphatic carbocycles. The maximum absolute atomic E-state index is 14.0. The minimum atomic E-state index is -3.98.